The zero-order chi connectivity index (χ0) is 15.6. The van der Waals surface area contributed by atoms with Gasteiger partial charge in [-0.25, -0.2) is 0 Å². The van der Waals surface area contributed by atoms with E-state index in [-0.39, 0.29) is 11.9 Å². The van der Waals surface area contributed by atoms with E-state index in [1.54, 1.807) is 0 Å². The summed E-state index contributed by atoms with van der Waals surface area (Å²) in [5.41, 5.74) is 2.77. The smallest absolute Gasteiger partial charge is 0.246 e. The van der Waals surface area contributed by atoms with Crippen LogP contribution in [0.1, 0.15) is 45.2 Å². The molecule has 1 aliphatic rings. The van der Waals surface area contributed by atoms with Crippen LogP contribution in [0.3, 0.4) is 0 Å². The number of halogens is 1. The fraction of sp³-hybridized carbons (Fsp3) is 0.562. The molecule has 0 aromatic heterocycles. The molecule has 0 bridgehead atoms. The quantitative estimate of drug-likeness (QED) is 0.844. The van der Waals surface area contributed by atoms with Crippen molar-refractivity contribution in [2.45, 2.75) is 45.7 Å². The van der Waals surface area contributed by atoms with Crippen LogP contribution in [0.25, 0.3) is 0 Å². The van der Waals surface area contributed by atoms with Crippen molar-refractivity contribution in [1.82, 2.24) is 5.32 Å². The first-order valence-electron chi connectivity index (χ1n) is 7.60. The summed E-state index contributed by atoms with van der Waals surface area (Å²) in [5, 5.41) is 6.82. The number of hydrogen-bond acceptors (Lipinski definition) is 3. The molecule has 5 heteroatoms. The lowest BCUT2D eigenvalue weighted by molar-refractivity contribution is -0.117. The summed E-state index contributed by atoms with van der Waals surface area (Å²) >= 11 is 6.45. The third-order valence-electron chi connectivity index (χ3n) is 4.11. The highest BCUT2D eigenvalue weighted by atomic mass is 35.5. The fourth-order valence-electron chi connectivity index (χ4n) is 2.80. The number of likely N-dealkylation sites (N-methyl/N-ethyl adjacent to an activating group) is 1. The number of fused-ring (bicyclic) bond motifs is 1. The number of carbonyl (C=O) groups is 1. The second kappa shape index (κ2) is 6.67. The summed E-state index contributed by atoms with van der Waals surface area (Å²) in [4.78, 5) is 14.2. The summed E-state index contributed by atoms with van der Waals surface area (Å²) in [6.45, 7) is 7.09. The minimum absolute atomic E-state index is 0.00988. The van der Waals surface area contributed by atoms with Gasteiger partial charge < -0.3 is 15.5 Å². The Hall–Kier alpha value is -1.26. The second-order valence-electron chi connectivity index (χ2n) is 5.62. The first-order valence-corrected chi connectivity index (χ1v) is 7.97. The maximum Gasteiger partial charge on any atom is 0.246 e. The molecule has 0 aliphatic carbocycles. The van der Waals surface area contributed by atoms with Crippen LogP contribution in [0.2, 0.25) is 5.02 Å². The number of benzene rings is 1. The predicted octanol–water partition coefficient (Wildman–Crippen LogP) is 3.57. The normalized spacial score (nSPS) is 18.3. The molecule has 0 fully saturated rings. The van der Waals surface area contributed by atoms with Crippen LogP contribution in [0.4, 0.5) is 11.4 Å². The van der Waals surface area contributed by atoms with Crippen molar-refractivity contribution in [3.05, 3.63) is 22.7 Å². The van der Waals surface area contributed by atoms with Crippen LogP contribution >= 0.6 is 11.6 Å². The van der Waals surface area contributed by atoms with Gasteiger partial charge in [0.05, 0.1) is 10.7 Å². The summed E-state index contributed by atoms with van der Waals surface area (Å²) in [7, 11) is 2.05. The van der Waals surface area contributed by atoms with Gasteiger partial charge in [-0.1, -0.05) is 31.9 Å². The highest BCUT2D eigenvalue weighted by Crippen LogP contribution is 2.39. The molecule has 21 heavy (non-hydrogen) atoms. The van der Waals surface area contributed by atoms with Gasteiger partial charge in [0.1, 0.15) is 6.04 Å². The van der Waals surface area contributed by atoms with Gasteiger partial charge in [-0.2, -0.15) is 0 Å². The topological polar surface area (TPSA) is 44.4 Å². The zero-order valence-electron chi connectivity index (χ0n) is 13.2. The number of anilines is 2. The highest BCUT2D eigenvalue weighted by Gasteiger charge is 2.31. The monoisotopic (exact) mass is 309 g/mol. The van der Waals surface area contributed by atoms with Gasteiger partial charge in [-0.15, -0.1) is 0 Å². The van der Waals surface area contributed by atoms with Crippen LogP contribution in [0, 0.1) is 0 Å². The molecule has 0 radical (unpaired) electrons. The molecular weight excluding hydrogens is 286 g/mol. The van der Waals surface area contributed by atoms with E-state index in [4.69, 9.17) is 11.6 Å². The molecular formula is C16H24ClN3O. The Kier molecular flexibility index (Phi) is 5.12. The average Bonchev–Trinajstić information content (AvgIpc) is 2.74. The van der Waals surface area contributed by atoms with Crippen LogP contribution < -0.4 is 15.5 Å². The molecule has 0 spiro atoms. The van der Waals surface area contributed by atoms with Crippen molar-refractivity contribution in [3.63, 3.8) is 0 Å². The molecule has 1 aliphatic heterocycles. The molecule has 116 valence electrons. The van der Waals surface area contributed by atoms with E-state index in [1.165, 1.54) is 0 Å². The van der Waals surface area contributed by atoms with Gasteiger partial charge in [0.25, 0.3) is 0 Å². The number of amides is 1. The molecule has 0 saturated carbocycles. The van der Waals surface area contributed by atoms with E-state index in [2.05, 4.69) is 29.4 Å². The number of carbonyl (C=O) groups excluding carboxylic acids is 1. The Balaban J connectivity index is 2.32. The van der Waals surface area contributed by atoms with Crippen LogP contribution in [0.15, 0.2) is 12.1 Å². The van der Waals surface area contributed by atoms with Crippen LogP contribution in [0.5, 0.6) is 0 Å². The van der Waals surface area contributed by atoms with Crippen molar-refractivity contribution in [2.24, 2.45) is 0 Å². The Morgan fingerprint density at radius 2 is 2.14 bits per heavy atom. The molecule has 2 rings (SSSR count). The summed E-state index contributed by atoms with van der Waals surface area (Å²) in [6, 6.07) is 4.01. The standard InChI is InChI=1S/C16H24ClN3O/c1-5-7-10(3)20(4)14-9-13-11(8-12(14)17)15(18-6-2)16(21)19-13/h8-10,15,18H,5-7H2,1-4H3,(H,19,21). The van der Waals surface area contributed by atoms with E-state index in [9.17, 15) is 4.79 Å². The third kappa shape index (κ3) is 3.16. The molecule has 1 aromatic carbocycles. The van der Waals surface area contributed by atoms with Gasteiger partial charge in [0.15, 0.2) is 0 Å². The van der Waals surface area contributed by atoms with E-state index < -0.39 is 0 Å². The Morgan fingerprint density at radius 1 is 1.43 bits per heavy atom. The Labute approximate surface area is 131 Å². The number of rotatable bonds is 6. The number of nitrogens with one attached hydrogen (secondary N) is 2. The lowest BCUT2D eigenvalue weighted by atomic mass is 10.1. The van der Waals surface area contributed by atoms with E-state index in [0.29, 0.717) is 11.1 Å². The maximum absolute atomic E-state index is 12.0. The van der Waals surface area contributed by atoms with Crippen molar-refractivity contribution < 1.29 is 4.79 Å². The lowest BCUT2D eigenvalue weighted by Crippen LogP contribution is -2.28. The fourth-order valence-corrected chi connectivity index (χ4v) is 3.10. The van der Waals surface area contributed by atoms with E-state index in [0.717, 1.165) is 36.3 Å². The Bertz CT molecular complexity index is 532. The first-order chi connectivity index (χ1) is 9.99. The van der Waals surface area contributed by atoms with Crippen molar-refractivity contribution >= 4 is 28.9 Å². The van der Waals surface area contributed by atoms with Gasteiger partial charge in [-0.05, 0) is 32.0 Å². The zero-order valence-corrected chi connectivity index (χ0v) is 13.9. The molecule has 1 amide bonds. The van der Waals surface area contributed by atoms with Crippen LogP contribution in [-0.4, -0.2) is 25.5 Å². The van der Waals surface area contributed by atoms with E-state index in [1.807, 2.05) is 26.1 Å². The highest BCUT2D eigenvalue weighted by molar-refractivity contribution is 6.33. The van der Waals surface area contributed by atoms with Gasteiger partial charge in [0, 0.05) is 24.3 Å². The molecule has 0 saturated heterocycles. The molecule has 2 N–H and O–H groups in total. The average molecular weight is 310 g/mol. The molecule has 4 nitrogen and oxygen atoms in total. The molecule has 1 aromatic rings. The summed E-state index contributed by atoms with van der Waals surface area (Å²) in [5.74, 6) is -0.00988. The molecule has 2 atom stereocenters. The molecule has 1 heterocycles. The largest absolute Gasteiger partial charge is 0.371 e. The summed E-state index contributed by atoms with van der Waals surface area (Å²) < 4.78 is 0. The van der Waals surface area contributed by atoms with Gasteiger partial charge >= 0.3 is 0 Å². The maximum atomic E-state index is 12.0. The van der Waals surface area contributed by atoms with Crippen molar-refractivity contribution in [2.75, 3.05) is 23.8 Å². The minimum Gasteiger partial charge on any atom is -0.371 e. The number of nitrogens with zero attached hydrogens (tertiary/aromatic N) is 1. The summed E-state index contributed by atoms with van der Waals surface area (Å²) in [6.07, 6.45) is 2.24. The predicted molar refractivity (Wildman–Crippen MR) is 89.3 cm³/mol. The van der Waals surface area contributed by atoms with Gasteiger partial charge in [-0.3, -0.25) is 4.79 Å². The molecule has 2 unspecified atom stereocenters. The van der Waals surface area contributed by atoms with Gasteiger partial charge in [0.2, 0.25) is 5.91 Å². The number of hydrogen-bond donors (Lipinski definition) is 2. The van der Waals surface area contributed by atoms with Crippen molar-refractivity contribution in [3.8, 4) is 0 Å². The first kappa shape index (κ1) is 16.1. The Morgan fingerprint density at radius 3 is 2.76 bits per heavy atom. The van der Waals surface area contributed by atoms with E-state index >= 15 is 0 Å². The second-order valence-corrected chi connectivity index (χ2v) is 6.03. The minimum atomic E-state index is -0.296. The third-order valence-corrected chi connectivity index (χ3v) is 4.41. The van der Waals surface area contributed by atoms with Crippen LogP contribution in [-0.2, 0) is 4.79 Å². The lowest BCUT2D eigenvalue weighted by Gasteiger charge is -2.28. The SMILES string of the molecule is CCCC(C)N(C)c1cc2c(cc1Cl)C(NCC)C(=O)N2. The van der Waals surface area contributed by atoms with Crippen molar-refractivity contribution in [1.29, 1.82) is 0 Å².